The van der Waals surface area contributed by atoms with Gasteiger partial charge in [0.05, 0.1) is 6.04 Å². The summed E-state index contributed by atoms with van der Waals surface area (Å²) in [6.45, 7) is 4.89. The van der Waals surface area contributed by atoms with Gasteiger partial charge in [0.2, 0.25) is 0 Å². The Hall–Kier alpha value is -3.46. The number of nitrogens with two attached hydrogens (primary N) is 1. The average Bonchev–Trinajstić information content (AvgIpc) is 3.20. The maximum atomic E-state index is 13.0. The summed E-state index contributed by atoms with van der Waals surface area (Å²) in [6.07, 6.45) is 3.50. The Balaban J connectivity index is 1.87. The first kappa shape index (κ1) is 22.3. The van der Waals surface area contributed by atoms with E-state index in [0.29, 0.717) is 33.2 Å². The third-order valence-corrected chi connectivity index (χ3v) is 6.65. The minimum absolute atomic E-state index is 0.131. The van der Waals surface area contributed by atoms with Gasteiger partial charge >= 0.3 is 5.97 Å². The Kier molecular flexibility index (Phi) is 5.95. The lowest BCUT2D eigenvalue weighted by molar-refractivity contribution is 0.0515. The molecule has 1 unspecified atom stereocenters. The molecule has 2 aromatic heterocycles. The van der Waals surface area contributed by atoms with Crippen molar-refractivity contribution in [2.45, 2.75) is 13.0 Å². The smallest absolute Gasteiger partial charge is 0.343 e. The first-order valence-corrected chi connectivity index (χ1v) is 11.4. The number of phenols is 1. The number of fused-ring (bicyclic) bond motifs is 3. The number of carbonyl (C=O) groups is 1. The van der Waals surface area contributed by atoms with Crippen molar-refractivity contribution in [3.05, 3.63) is 71.2 Å². The van der Waals surface area contributed by atoms with E-state index in [1.807, 2.05) is 36.4 Å². The largest absolute Gasteiger partial charge is 0.507 e. The van der Waals surface area contributed by atoms with Gasteiger partial charge in [-0.15, -0.1) is 0 Å². The lowest BCUT2D eigenvalue weighted by Crippen LogP contribution is -2.46. The van der Waals surface area contributed by atoms with Gasteiger partial charge in [0, 0.05) is 60.3 Å². The van der Waals surface area contributed by atoms with Crippen LogP contribution < -0.4 is 5.73 Å². The van der Waals surface area contributed by atoms with E-state index in [-0.39, 0.29) is 18.5 Å². The number of carbonyl (C=O) groups excluding carboxylic acids is 1. The molecule has 0 radical (unpaired) electrons. The summed E-state index contributed by atoms with van der Waals surface area (Å²) in [7, 11) is 2.10. The van der Waals surface area contributed by atoms with Gasteiger partial charge in [0.25, 0.3) is 0 Å². The number of phenolic OH excluding ortho intramolecular Hbond substituents is 1. The zero-order valence-electron chi connectivity index (χ0n) is 19.3. The Morgan fingerprint density at radius 2 is 1.82 bits per heavy atom. The van der Waals surface area contributed by atoms with Crippen molar-refractivity contribution < 1.29 is 19.1 Å². The second-order valence-electron chi connectivity index (χ2n) is 8.67. The van der Waals surface area contributed by atoms with E-state index in [9.17, 15) is 9.90 Å². The van der Waals surface area contributed by atoms with Crippen LogP contribution in [-0.2, 0) is 4.74 Å². The van der Waals surface area contributed by atoms with Crippen molar-refractivity contribution >= 4 is 27.7 Å². The highest BCUT2D eigenvalue weighted by molar-refractivity contribution is 6.16. The topological polar surface area (TPSA) is 105 Å². The van der Waals surface area contributed by atoms with E-state index in [4.69, 9.17) is 14.9 Å². The molecule has 0 amide bonds. The fraction of sp³-hybridized carbons (Fsp3) is 0.308. The predicted octanol–water partition coefficient (Wildman–Crippen LogP) is 3.40. The Labute approximate surface area is 197 Å². The minimum Gasteiger partial charge on any atom is -0.507 e. The molecule has 1 fully saturated rings. The summed E-state index contributed by atoms with van der Waals surface area (Å²) in [6, 6.07) is 11.1. The molecule has 1 aliphatic heterocycles. The fourth-order valence-electron chi connectivity index (χ4n) is 4.99. The highest BCUT2D eigenvalue weighted by atomic mass is 16.5. The third kappa shape index (κ3) is 3.69. The SMILES string of the molecule is Cc1oc2c(c1C(=O)OCN)c(C(c1ccncc1)N1CCN(C)CC1)c(O)c1ccccc12. The summed E-state index contributed by atoms with van der Waals surface area (Å²) >= 11 is 0. The normalized spacial score (nSPS) is 16.2. The first-order chi connectivity index (χ1) is 16.5. The quantitative estimate of drug-likeness (QED) is 0.345. The number of pyridine rings is 1. The van der Waals surface area contributed by atoms with Crippen molar-refractivity contribution in [2.24, 2.45) is 5.73 Å². The molecule has 34 heavy (non-hydrogen) atoms. The number of rotatable bonds is 5. The van der Waals surface area contributed by atoms with Gasteiger partial charge in [-0.2, -0.15) is 0 Å². The van der Waals surface area contributed by atoms with Crippen molar-refractivity contribution in [2.75, 3.05) is 40.0 Å². The number of aryl methyl sites for hydroxylation is 1. The van der Waals surface area contributed by atoms with Crippen LogP contribution in [0, 0.1) is 6.92 Å². The van der Waals surface area contributed by atoms with Crippen LogP contribution in [0.1, 0.15) is 33.3 Å². The van der Waals surface area contributed by atoms with Crippen LogP contribution in [0.15, 0.2) is 53.2 Å². The maximum absolute atomic E-state index is 13.0. The van der Waals surface area contributed by atoms with E-state index in [0.717, 1.165) is 37.1 Å². The predicted molar refractivity (Wildman–Crippen MR) is 130 cm³/mol. The van der Waals surface area contributed by atoms with Crippen LogP contribution in [-0.4, -0.2) is 65.8 Å². The van der Waals surface area contributed by atoms with Crippen molar-refractivity contribution in [3.63, 3.8) is 0 Å². The number of benzene rings is 2. The van der Waals surface area contributed by atoms with Crippen molar-refractivity contribution in [3.8, 4) is 5.75 Å². The monoisotopic (exact) mass is 460 g/mol. The van der Waals surface area contributed by atoms with Gasteiger partial charge in [0.1, 0.15) is 29.4 Å². The number of hydrogen-bond acceptors (Lipinski definition) is 8. The number of likely N-dealkylation sites (N-methyl/N-ethyl adjacent to an activating group) is 1. The minimum atomic E-state index is -0.568. The molecule has 0 spiro atoms. The van der Waals surface area contributed by atoms with E-state index in [2.05, 4.69) is 21.8 Å². The van der Waals surface area contributed by atoms with Gasteiger partial charge in [-0.1, -0.05) is 24.3 Å². The maximum Gasteiger partial charge on any atom is 0.343 e. The zero-order valence-corrected chi connectivity index (χ0v) is 19.3. The van der Waals surface area contributed by atoms with Gasteiger partial charge in [0.15, 0.2) is 0 Å². The summed E-state index contributed by atoms with van der Waals surface area (Å²) < 4.78 is 11.4. The fourth-order valence-corrected chi connectivity index (χ4v) is 4.99. The molecular weight excluding hydrogens is 432 g/mol. The third-order valence-electron chi connectivity index (χ3n) is 6.65. The van der Waals surface area contributed by atoms with Gasteiger partial charge in [-0.3, -0.25) is 15.6 Å². The molecule has 3 heterocycles. The van der Waals surface area contributed by atoms with E-state index in [1.54, 1.807) is 19.3 Å². The highest BCUT2D eigenvalue weighted by Crippen LogP contribution is 2.47. The lowest BCUT2D eigenvalue weighted by Gasteiger charge is -2.39. The van der Waals surface area contributed by atoms with Crippen molar-refractivity contribution in [1.82, 2.24) is 14.8 Å². The molecule has 8 heteroatoms. The summed E-state index contributed by atoms with van der Waals surface area (Å²) in [5.74, 6) is -0.00900. The molecule has 176 valence electrons. The zero-order chi connectivity index (χ0) is 23.8. The number of furan rings is 1. The Morgan fingerprint density at radius 3 is 2.50 bits per heavy atom. The van der Waals surface area contributed by atoms with Crippen LogP contribution in [0.2, 0.25) is 0 Å². The van der Waals surface area contributed by atoms with E-state index < -0.39 is 5.97 Å². The first-order valence-electron chi connectivity index (χ1n) is 11.4. The van der Waals surface area contributed by atoms with Crippen LogP contribution >= 0.6 is 0 Å². The Bertz CT molecular complexity index is 1340. The second-order valence-corrected chi connectivity index (χ2v) is 8.67. The molecule has 1 atom stereocenters. The van der Waals surface area contributed by atoms with Crippen LogP contribution in [0.3, 0.4) is 0 Å². The van der Waals surface area contributed by atoms with E-state index in [1.165, 1.54) is 0 Å². The van der Waals surface area contributed by atoms with Crippen LogP contribution in [0.4, 0.5) is 0 Å². The molecule has 0 aliphatic carbocycles. The molecule has 1 aliphatic rings. The summed E-state index contributed by atoms with van der Waals surface area (Å²) in [5, 5.41) is 13.7. The average molecular weight is 461 g/mol. The number of ether oxygens (including phenoxy) is 1. The molecule has 3 N–H and O–H groups in total. The van der Waals surface area contributed by atoms with E-state index >= 15 is 0 Å². The number of aromatic nitrogens is 1. The Morgan fingerprint density at radius 1 is 1.15 bits per heavy atom. The molecular formula is C26H28N4O4. The number of nitrogens with zero attached hydrogens (tertiary/aromatic N) is 3. The van der Waals surface area contributed by atoms with Crippen LogP contribution in [0.5, 0.6) is 5.75 Å². The summed E-state index contributed by atoms with van der Waals surface area (Å²) in [4.78, 5) is 21.8. The summed E-state index contributed by atoms with van der Waals surface area (Å²) in [5.41, 5.74) is 7.98. The highest BCUT2D eigenvalue weighted by Gasteiger charge is 2.34. The van der Waals surface area contributed by atoms with Gasteiger partial charge in [-0.05, 0) is 31.7 Å². The molecule has 1 saturated heterocycles. The number of hydrogen-bond donors (Lipinski definition) is 2. The van der Waals surface area contributed by atoms with Crippen molar-refractivity contribution in [1.29, 1.82) is 0 Å². The molecule has 0 saturated carbocycles. The van der Waals surface area contributed by atoms with Gasteiger partial charge < -0.3 is 19.2 Å². The molecule has 2 aromatic carbocycles. The second kappa shape index (κ2) is 9.06. The van der Waals surface area contributed by atoms with Gasteiger partial charge in [-0.25, -0.2) is 4.79 Å². The molecule has 5 rings (SSSR count). The molecule has 8 nitrogen and oxygen atoms in total. The van der Waals surface area contributed by atoms with Crippen LogP contribution in [0.25, 0.3) is 21.7 Å². The molecule has 4 aromatic rings. The number of piperazine rings is 1. The number of esters is 1. The number of aromatic hydroxyl groups is 1. The lowest BCUT2D eigenvalue weighted by atomic mass is 9.89. The molecule has 0 bridgehead atoms. The standard InChI is InChI=1S/C26H28N4O4/c1-16-20(26(32)33-15-27)21-22(24(31)18-5-3-4-6-19(18)25(21)34-16)23(17-7-9-28-10-8-17)30-13-11-29(2)12-14-30/h3-10,23,31H,11-15,27H2,1-2H3.